The number of hydrogen-bond donors (Lipinski definition) is 1. The Bertz CT molecular complexity index is 883. The highest BCUT2D eigenvalue weighted by Crippen LogP contribution is 2.28. The Balaban J connectivity index is 1.80. The lowest BCUT2D eigenvalue weighted by Crippen LogP contribution is -2.19. The number of amides is 1. The van der Waals surface area contributed by atoms with Crippen LogP contribution in [0.25, 0.3) is 0 Å². The first-order valence-corrected chi connectivity index (χ1v) is 8.92. The van der Waals surface area contributed by atoms with Gasteiger partial charge in [0.15, 0.2) is 0 Å². The summed E-state index contributed by atoms with van der Waals surface area (Å²) in [5.41, 5.74) is 1.65. The fourth-order valence-electron chi connectivity index (χ4n) is 3.04. The molecular weight excluding hydrogens is 356 g/mol. The molecule has 0 fully saturated rings. The molecule has 0 saturated carbocycles. The molecule has 0 bridgehead atoms. The van der Waals surface area contributed by atoms with Crippen LogP contribution in [0.15, 0.2) is 67.0 Å². The van der Waals surface area contributed by atoms with Crippen molar-refractivity contribution < 1.29 is 19.0 Å². The summed E-state index contributed by atoms with van der Waals surface area (Å²) in [6.45, 7) is 0. The summed E-state index contributed by atoms with van der Waals surface area (Å²) in [7, 11) is 4.78. The molecule has 6 heteroatoms. The Morgan fingerprint density at radius 2 is 1.46 bits per heavy atom. The van der Waals surface area contributed by atoms with Gasteiger partial charge in [-0.25, -0.2) is 0 Å². The van der Waals surface area contributed by atoms with Crippen molar-refractivity contribution in [3.8, 4) is 17.2 Å². The molecule has 28 heavy (non-hydrogen) atoms. The Morgan fingerprint density at radius 3 is 2.00 bits per heavy atom. The molecular formula is C22H24N2O4. The van der Waals surface area contributed by atoms with Gasteiger partial charge in [0.2, 0.25) is 5.91 Å². The van der Waals surface area contributed by atoms with Crippen LogP contribution >= 0.6 is 0 Å². The van der Waals surface area contributed by atoms with Crippen LogP contribution in [0.3, 0.4) is 0 Å². The van der Waals surface area contributed by atoms with Gasteiger partial charge < -0.3 is 24.1 Å². The van der Waals surface area contributed by atoms with E-state index >= 15 is 0 Å². The van der Waals surface area contributed by atoms with E-state index in [1.165, 1.54) is 0 Å². The number of carbonyl (C=O) groups excluding carboxylic acids is 1. The van der Waals surface area contributed by atoms with E-state index in [-0.39, 0.29) is 18.4 Å². The molecule has 1 atom stereocenters. The molecule has 3 aromatic rings. The number of rotatable bonds is 8. The molecule has 1 N–H and O–H groups in total. The van der Waals surface area contributed by atoms with E-state index in [0.717, 1.165) is 11.3 Å². The van der Waals surface area contributed by atoms with E-state index in [9.17, 15) is 4.79 Å². The van der Waals surface area contributed by atoms with Gasteiger partial charge in [-0.1, -0.05) is 12.1 Å². The fourth-order valence-corrected chi connectivity index (χ4v) is 3.04. The second-order valence-corrected chi connectivity index (χ2v) is 6.27. The minimum Gasteiger partial charge on any atom is -0.497 e. The molecule has 146 valence electrons. The number of ether oxygens (including phenoxy) is 3. The Labute approximate surface area is 164 Å². The third-order valence-electron chi connectivity index (χ3n) is 4.50. The second-order valence-electron chi connectivity index (χ2n) is 6.27. The normalized spacial score (nSPS) is 11.5. The monoisotopic (exact) mass is 380 g/mol. The van der Waals surface area contributed by atoms with Gasteiger partial charge in [-0.3, -0.25) is 4.79 Å². The number of anilines is 1. The molecule has 0 spiro atoms. The molecule has 6 nitrogen and oxygen atoms in total. The van der Waals surface area contributed by atoms with Crippen LogP contribution in [0.4, 0.5) is 5.69 Å². The molecule has 0 radical (unpaired) electrons. The molecule has 1 aromatic heterocycles. The van der Waals surface area contributed by atoms with Crippen molar-refractivity contribution in [3.05, 3.63) is 72.6 Å². The lowest BCUT2D eigenvalue weighted by atomic mass is 10.0. The number of nitrogens with zero attached hydrogens (tertiary/aromatic N) is 1. The van der Waals surface area contributed by atoms with E-state index in [2.05, 4.69) is 5.32 Å². The lowest BCUT2D eigenvalue weighted by molar-refractivity contribution is -0.116. The predicted molar refractivity (Wildman–Crippen MR) is 108 cm³/mol. The van der Waals surface area contributed by atoms with Crippen LogP contribution in [0.5, 0.6) is 17.2 Å². The first kappa shape index (κ1) is 19.4. The average molecular weight is 380 g/mol. The Morgan fingerprint density at radius 1 is 0.893 bits per heavy atom. The van der Waals surface area contributed by atoms with Crippen molar-refractivity contribution in [3.63, 3.8) is 0 Å². The highest BCUT2D eigenvalue weighted by Gasteiger charge is 2.18. The van der Waals surface area contributed by atoms with Crippen LogP contribution in [-0.4, -0.2) is 31.8 Å². The van der Waals surface area contributed by atoms with Crippen molar-refractivity contribution >= 4 is 11.6 Å². The summed E-state index contributed by atoms with van der Waals surface area (Å²) in [5, 5.41) is 2.94. The number of nitrogens with one attached hydrogen (secondary N) is 1. The zero-order chi connectivity index (χ0) is 19.9. The zero-order valence-corrected chi connectivity index (χ0v) is 16.2. The highest BCUT2D eigenvalue weighted by molar-refractivity contribution is 5.91. The summed E-state index contributed by atoms with van der Waals surface area (Å²) in [6.07, 6.45) is 4.19. The van der Waals surface area contributed by atoms with Crippen LogP contribution in [0, 0.1) is 0 Å². The average Bonchev–Trinajstić information content (AvgIpc) is 3.26. The maximum Gasteiger partial charge on any atom is 0.226 e. The largest absolute Gasteiger partial charge is 0.497 e. The molecule has 0 unspecified atom stereocenters. The number of benzene rings is 2. The van der Waals surface area contributed by atoms with Gasteiger partial charge in [-0.05, 0) is 29.8 Å². The van der Waals surface area contributed by atoms with Gasteiger partial charge in [0.1, 0.15) is 17.2 Å². The number of hydrogen-bond acceptors (Lipinski definition) is 4. The smallest absolute Gasteiger partial charge is 0.226 e. The van der Waals surface area contributed by atoms with Crippen LogP contribution in [-0.2, 0) is 4.79 Å². The summed E-state index contributed by atoms with van der Waals surface area (Å²) in [5.74, 6) is 1.91. The summed E-state index contributed by atoms with van der Waals surface area (Å²) < 4.78 is 17.8. The topological polar surface area (TPSA) is 61.7 Å². The standard InChI is InChI=1S/C22H24N2O4/c1-26-18-8-6-16(7-9-18)21(24-10-4-5-11-24)15-22(25)23-17-12-19(27-2)14-20(13-17)28-3/h4-14,21H,15H2,1-3H3,(H,23,25)/t21-/m0/s1. The van der Waals surface area contributed by atoms with Gasteiger partial charge in [0.05, 0.1) is 33.8 Å². The van der Waals surface area contributed by atoms with Crippen LogP contribution in [0.1, 0.15) is 18.0 Å². The Kier molecular flexibility index (Phi) is 6.22. The third kappa shape index (κ3) is 4.65. The number of aromatic nitrogens is 1. The lowest BCUT2D eigenvalue weighted by Gasteiger charge is -2.20. The third-order valence-corrected chi connectivity index (χ3v) is 4.50. The molecule has 0 aliphatic carbocycles. The van der Waals surface area contributed by atoms with E-state index in [0.29, 0.717) is 17.2 Å². The first-order valence-electron chi connectivity index (χ1n) is 8.92. The SMILES string of the molecule is COc1ccc([C@H](CC(=O)Nc2cc(OC)cc(OC)c2)n2cccc2)cc1. The Hall–Kier alpha value is -3.41. The van der Waals surface area contributed by atoms with E-state index < -0.39 is 0 Å². The van der Waals surface area contributed by atoms with Gasteiger partial charge >= 0.3 is 0 Å². The predicted octanol–water partition coefficient (Wildman–Crippen LogP) is 4.13. The maximum atomic E-state index is 12.8. The van der Waals surface area contributed by atoms with Gasteiger partial charge in [-0.15, -0.1) is 0 Å². The molecule has 1 amide bonds. The first-order chi connectivity index (χ1) is 13.6. The highest BCUT2D eigenvalue weighted by atomic mass is 16.5. The van der Waals surface area contributed by atoms with Crippen molar-refractivity contribution in [2.45, 2.75) is 12.5 Å². The van der Waals surface area contributed by atoms with Crippen LogP contribution in [0.2, 0.25) is 0 Å². The molecule has 2 aromatic carbocycles. The second kappa shape index (κ2) is 8.99. The van der Waals surface area contributed by atoms with Gasteiger partial charge in [0, 0.05) is 36.3 Å². The zero-order valence-electron chi connectivity index (χ0n) is 16.2. The molecule has 0 aliphatic heterocycles. The quantitative estimate of drug-likeness (QED) is 0.638. The number of carbonyl (C=O) groups is 1. The van der Waals surface area contributed by atoms with Crippen molar-refractivity contribution in [2.24, 2.45) is 0 Å². The van der Waals surface area contributed by atoms with Crippen molar-refractivity contribution in [1.82, 2.24) is 4.57 Å². The summed E-state index contributed by atoms with van der Waals surface area (Å²) >= 11 is 0. The van der Waals surface area contributed by atoms with Gasteiger partial charge in [-0.2, -0.15) is 0 Å². The van der Waals surface area contributed by atoms with E-state index in [4.69, 9.17) is 14.2 Å². The number of methoxy groups -OCH3 is 3. The minimum absolute atomic E-state index is 0.107. The molecule has 0 saturated heterocycles. The van der Waals surface area contributed by atoms with Gasteiger partial charge in [0.25, 0.3) is 0 Å². The van der Waals surface area contributed by atoms with E-state index in [1.54, 1.807) is 39.5 Å². The molecule has 3 rings (SSSR count). The van der Waals surface area contributed by atoms with Crippen LogP contribution < -0.4 is 19.5 Å². The summed E-state index contributed by atoms with van der Waals surface area (Å²) in [6, 6.07) is 16.8. The van der Waals surface area contributed by atoms with Crippen molar-refractivity contribution in [1.29, 1.82) is 0 Å². The summed E-state index contributed by atoms with van der Waals surface area (Å²) in [4.78, 5) is 12.8. The fraction of sp³-hybridized carbons (Fsp3) is 0.227. The maximum absolute atomic E-state index is 12.8. The van der Waals surface area contributed by atoms with E-state index in [1.807, 2.05) is 53.4 Å². The van der Waals surface area contributed by atoms with Crippen molar-refractivity contribution in [2.75, 3.05) is 26.6 Å². The molecule has 0 aliphatic rings. The molecule has 1 heterocycles. The minimum atomic E-state index is -0.131.